The molecule has 8 nitrogen and oxygen atoms in total. The summed E-state index contributed by atoms with van der Waals surface area (Å²) in [5, 5.41) is 12.1. The molecule has 11 heteroatoms. The van der Waals surface area contributed by atoms with E-state index in [4.69, 9.17) is 9.47 Å². The summed E-state index contributed by atoms with van der Waals surface area (Å²) in [7, 11) is 2.95. The lowest BCUT2D eigenvalue weighted by Crippen LogP contribution is -2.36. The first-order valence-electron chi connectivity index (χ1n) is 9.08. The predicted molar refractivity (Wildman–Crippen MR) is 110 cm³/mol. The van der Waals surface area contributed by atoms with Crippen LogP contribution in [0.25, 0.3) is 11.6 Å². The summed E-state index contributed by atoms with van der Waals surface area (Å²) in [6.07, 6.45) is 1.55. The minimum Gasteiger partial charge on any atom is -0.435 e. The number of benzene rings is 1. The average Bonchev–Trinajstić information content (AvgIpc) is 3.03. The molecule has 1 amide bonds. The van der Waals surface area contributed by atoms with Gasteiger partial charge in [-0.25, -0.2) is 0 Å². The van der Waals surface area contributed by atoms with Crippen LogP contribution in [0.1, 0.15) is 5.56 Å². The normalized spacial score (nSPS) is 12.6. The van der Waals surface area contributed by atoms with E-state index in [0.29, 0.717) is 5.56 Å². The molecule has 2 rings (SSSR count). The third kappa shape index (κ3) is 6.71. The van der Waals surface area contributed by atoms with Gasteiger partial charge in [-0.3, -0.25) is 14.2 Å². The highest BCUT2D eigenvalue weighted by molar-refractivity contribution is 7.07. The molecule has 1 aromatic carbocycles. The largest absolute Gasteiger partial charge is 0.435 e. The van der Waals surface area contributed by atoms with Crippen LogP contribution < -0.4 is 24.8 Å². The number of ether oxygens (including phenoxy) is 3. The summed E-state index contributed by atoms with van der Waals surface area (Å²) < 4.78 is 40.6. The highest BCUT2D eigenvalue weighted by Gasteiger charge is 2.15. The fourth-order valence-corrected chi connectivity index (χ4v) is 3.66. The van der Waals surface area contributed by atoms with Crippen LogP contribution in [0.3, 0.4) is 0 Å². The van der Waals surface area contributed by atoms with E-state index in [0.717, 1.165) is 11.3 Å². The Morgan fingerprint density at radius 1 is 1.26 bits per heavy atom. The fraction of sp³-hybridized carbons (Fsp3) is 0.350. The van der Waals surface area contributed by atoms with Crippen molar-refractivity contribution >= 4 is 28.9 Å². The molecule has 0 saturated carbocycles. The van der Waals surface area contributed by atoms with Crippen LogP contribution in [0.15, 0.2) is 29.1 Å². The van der Waals surface area contributed by atoms with Crippen LogP contribution in [-0.4, -0.2) is 51.1 Å². The second-order valence-corrected chi connectivity index (χ2v) is 7.08. The first-order chi connectivity index (χ1) is 14.9. The van der Waals surface area contributed by atoms with Crippen LogP contribution >= 0.6 is 11.3 Å². The van der Waals surface area contributed by atoms with Gasteiger partial charge in [0.05, 0.1) is 24.3 Å². The van der Waals surface area contributed by atoms with Crippen LogP contribution in [-0.2, 0) is 20.8 Å². The Balaban J connectivity index is 2.54. The smallest absolute Gasteiger partial charge is 0.387 e. The topological polar surface area (TPSA) is 103 Å². The highest BCUT2D eigenvalue weighted by Crippen LogP contribution is 2.15. The van der Waals surface area contributed by atoms with Crippen molar-refractivity contribution in [1.29, 1.82) is 5.26 Å². The molecule has 31 heavy (non-hydrogen) atoms. The number of nitrogens with zero attached hydrogens (tertiary/aromatic N) is 2. The van der Waals surface area contributed by atoms with Gasteiger partial charge in [-0.15, -0.1) is 11.3 Å². The summed E-state index contributed by atoms with van der Waals surface area (Å²) in [6.45, 7) is -2.10. The number of halogens is 2. The number of aromatic nitrogens is 1. The van der Waals surface area contributed by atoms with Gasteiger partial charge in [0.1, 0.15) is 16.5 Å². The van der Waals surface area contributed by atoms with Crippen molar-refractivity contribution in [2.75, 3.05) is 34.0 Å². The number of carbonyl (C=O) groups excluding carboxylic acids is 1. The molecule has 2 aromatic rings. The minimum atomic E-state index is -2.93. The van der Waals surface area contributed by atoms with Gasteiger partial charge in [0.2, 0.25) is 0 Å². The van der Waals surface area contributed by atoms with E-state index in [2.05, 4.69) is 10.1 Å². The zero-order chi connectivity index (χ0) is 22.8. The molecule has 0 aliphatic heterocycles. The third-order valence-electron chi connectivity index (χ3n) is 3.97. The summed E-state index contributed by atoms with van der Waals surface area (Å²) in [6, 6.07) is 7.60. The maximum absolute atomic E-state index is 12.9. The molecule has 0 spiro atoms. The number of hydrogen-bond acceptors (Lipinski definition) is 7. The van der Waals surface area contributed by atoms with Crippen molar-refractivity contribution < 1.29 is 27.8 Å². The van der Waals surface area contributed by atoms with E-state index >= 15 is 0 Å². The maximum atomic E-state index is 12.9. The van der Waals surface area contributed by atoms with Crippen molar-refractivity contribution in [1.82, 2.24) is 9.88 Å². The Morgan fingerprint density at radius 3 is 2.52 bits per heavy atom. The highest BCUT2D eigenvalue weighted by atomic mass is 32.1. The van der Waals surface area contributed by atoms with Crippen LogP contribution in [0.4, 0.5) is 8.78 Å². The van der Waals surface area contributed by atoms with Gasteiger partial charge in [-0.2, -0.15) is 14.0 Å². The van der Waals surface area contributed by atoms with Crippen molar-refractivity contribution in [2.45, 2.75) is 13.2 Å². The first kappa shape index (κ1) is 24.2. The molecular formula is C20H21F2N3O5S. The van der Waals surface area contributed by atoms with Crippen molar-refractivity contribution in [2.24, 2.45) is 0 Å². The molecule has 0 saturated heterocycles. The molecule has 1 aromatic heterocycles. The first-order valence-corrected chi connectivity index (χ1v) is 9.89. The second kappa shape index (κ2) is 11.9. The number of nitriles is 1. The van der Waals surface area contributed by atoms with Crippen LogP contribution in [0.5, 0.6) is 5.75 Å². The number of thiazole rings is 1. The Morgan fingerprint density at radius 2 is 1.94 bits per heavy atom. The van der Waals surface area contributed by atoms with E-state index in [1.54, 1.807) is 6.08 Å². The van der Waals surface area contributed by atoms with E-state index < -0.39 is 18.1 Å². The monoisotopic (exact) mass is 453 g/mol. The number of alkyl halides is 2. The zero-order valence-electron chi connectivity index (χ0n) is 16.9. The molecule has 0 aliphatic carbocycles. The molecule has 1 N–H and O–H groups in total. The maximum Gasteiger partial charge on any atom is 0.387 e. The average molecular weight is 453 g/mol. The molecular weight excluding hydrogens is 432 g/mol. The Labute approximate surface area is 180 Å². The SMILES string of the molecule is COCCNC(=O)/C(C#N)=c1\s/c(=C\c2ccc(OC(F)F)cc2)c(=O)n1CCOC. The number of amides is 1. The summed E-state index contributed by atoms with van der Waals surface area (Å²) >= 11 is 0.983. The van der Waals surface area contributed by atoms with E-state index in [1.165, 1.54) is 43.1 Å². The van der Waals surface area contributed by atoms with Gasteiger partial charge >= 0.3 is 6.61 Å². The number of methoxy groups -OCH3 is 2. The molecule has 0 bridgehead atoms. The number of hydrogen-bond donors (Lipinski definition) is 1. The minimum absolute atomic E-state index is 0.00986. The predicted octanol–water partition coefficient (Wildman–Crippen LogP) is 0.423. The van der Waals surface area contributed by atoms with E-state index in [9.17, 15) is 23.6 Å². The number of nitrogens with one attached hydrogen (secondary N) is 1. The lowest BCUT2D eigenvalue weighted by atomic mass is 10.2. The summed E-state index contributed by atoms with van der Waals surface area (Å²) in [5.74, 6) is -0.628. The van der Waals surface area contributed by atoms with Gasteiger partial charge in [0, 0.05) is 20.8 Å². The van der Waals surface area contributed by atoms with Gasteiger partial charge < -0.3 is 19.5 Å². The zero-order valence-corrected chi connectivity index (χ0v) is 17.7. The van der Waals surface area contributed by atoms with Crippen LogP contribution in [0, 0.1) is 11.3 Å². The molecule has 0 fully saturated rings. The Bertz CT molecular complexity index is 1100. The quantitative estimate of drug-likeness (QED) is 0.524. The lowest BCUT2D eigenvalue weighted by Gasteiger charge is -2.04. The summed E-state index contributed by atoms with van der Waals surface area (Å²) in [5.41, 5.74) is -0.0366. The molecule has 166 valence electrons. The van der Waals surface area contributed by atoms with Crippen molar-refractivity contribution in [3.8, 4) is 11.8 Å². The van der Waals surface area contributed by atoms with Crippen molar-refractivity contribution in [3.05, 3.63) is 49.4 Å². The van der Waals surface area contributed by atoms with Gasteiger partial charge in [-0.05, 0) is 23.8 Å². The molecule has 0 unspecified atom stereocenters. The lowest BCUT2D eigenvalue weighted by molar-refractivity contribution is -0.115. The molecule has 0 radical (unpaired) electrons. The van der Waals surface area contributed by atoms with E-state index in [-0.39, 0.29) is 46.8 Å². The number of carbonyl (C=O) groups is 1. The van der Waals surface area contributed by atoms with Gasteiger partial charge in [0.15, 0.2) is 5.57 Å². The second-order valence-electron chi connectivity index (χ2n) is 6.05. The molecule has 0 aliphatic rings. The number of rotatable bonds is 10. The summed E-state index contributed by atoms with van der Waals surface area (Å²) in [4.78, 5) is 25.3. The Kier molecular flexibility index (Phi) is 9.33. The van der Waals surface area contributed by atoms with Crippen LogP contribution in [0.2, 0.25) is 0 Å². The fourth-order valence-electron chi connectivity index (χ4n) is 2.54. The van der Waals surface area contributed by atoms with E-state index in [1.807, 2.05) is 6.07 Å². The molecule has 0 atom stereocenters. The Hall–Kier alpha value is -3.07. The molecule has 1 heterocycles. The standard InChI is InChI=1S/C20H21F2N3O5S/c1-28-9-7-24-17(26)15(12-23)19-25(8-10-29-2)18(27)16(31-19)11-13-3-5-14(6-4-13)30-20(21)22/h3-6,11,20H,7-10H2,1-2H3,(H,24,26)/b16-11-,19-15-. The van der Waals surface area contributed by atoms with Gasteiger partial charge in [-0.1, -0.05) is 12.1 Å². The third-order valence-corrected chi connectivity index (χ3v) is 5.10. The van der Waals surface area contributed by atoms with Gasteiger partial charge in [0.25, 0.3) is 11.5 Å². The van der Waals surface area contributed by atoms with Crippen molar-refractivity contribution in [3.63, 3.8) is 0 Å².